The Hall–Kier alpha value is -1.56. The Balaban J connectivity index is 1.87. The van der Waals surface area contributed by atoms with Gasteiger partial charge >= 0.3 is 0 Å². The molecular weight excluding hydrogens is 252 g/mol. The molecule has 3 rings (SSSR count). The molecule has 1 aromatic heterocycles. The van der Waals surface area contributed by atoms with Gasteiger partial charge in [0.15, 0.2) is 0 Å². The van der Waals surface area contributed by atoms with E-state index in [0.717, 1.165) is 43.2 Å². The van der Waals surface area contributed by atoms with Crippen molar-refractivity contribution in [3.63, 3.8) is 0 Å². The Morgan fingerprint density at radius 1 is 1.25 bits per heavy atom. The van der Waals surface area contributed by atoms with Crippen molar-refractivity contribution < 1.29 is 0 Å². The highest BCUT2D eigenvalue weighted by atomic mass is 15.3. The second-order valence-corrected chi connectivity index (χ2v) is 5.99. The molecule has 1 aliphatic heterocycles. The van der Waals surface area contributed by atoms with Gasteiger partial charge in [-0.3, -0.25) is 0 Å². The number of rotatable bonds is 4. The fourth-order valence-electron chi connectivity index (χ4n) is 3.14. The first kappa shape index (κ1) is 13.4. The third-order valence-corrected chi connectivity index (χ3v) is 4.65. The zero-order valence-electron chi connectivity index (χ0n) is 12.1. The van der Waals surface area contributed by atoms with Gasteiger partial charge in [0.25, 0.3) is 0 Å². The van der Waals surface area contributed by atoms with Crippen molar-refractivity contribution in [2.24, 2.45) is 5.92 Å². The van der Waals surface area contributed by atoms with Gasteiger partial charge in [-0.25, -0.2) is 0 Å². The largest absolute Gasteiger partial charge is 0.383 e. The second kappa shape index (κ2) is 5.44. The summed E-state index contributed by atoms with van der Waals surface area (Å²) in [6.07, 6.45) is 6.04. The van der Waals surface area contributed by atoms with Crippen LogP contribution in [0.1, 0.15) is 31.2 Å². The maximum atomic E-state index is 6.11. The summed E-state index contributed by atoms with van der Waals surface area (Å²) < 4.78 is 0. The standard InChI is InChI=1S/C14H24N6/c1-17-10-5-6-20(8-10)13-11(7-9-3-2-4-9)12(15)18-14(16)19-13/h9-10,17H,2-8H2,1H3,(H4,15,16,18,19)/t10-/m1/s1. The monoisotopic (exact) mass is 276 g/mol. The number of anilines is 3. The summed E-state index contributed by atoms with van der Waals surface area (Å²) in [6.45, 7) is 1.96. The minimum atomic E-state index is 0.280. The quantitative estimate of drug-likeness (QED) is 0.752. The van der Waals surface area contributed by atoms with Crippen LogP contribution >= 0.6 is 0 Å². The van der Waals surface area contributed by atoms with Crippen molar-refractivity contribution in [3.8, 4) is 0 Å². The molecule has 20 heavy (non-hydrogen) atoms. The van der Waals surface area contributed by atoms with E-state index in [9.17, 15) is 0 Å². The molecule has 2 aliphatic rings. The summed E-state index contributed by atoms with van der Waals surface area (Å²) in [5, 5.41) is 3.33. The van der Waals surface area contributed by atoms with E-state index in [1.54, 1.807) is 0 Å². The van der Waals surface area contributed by atoms with Crippen LogP contribution in [0.25, 0.3) is 0 Å². The van der Waals surface area contributed by atoms with Gasteiger partial charge in [0, 0.05) is 24.7 Å². The van der Waals surface area contributed by atoms with E-state index in [0.29, 0.717) is 11.9 Å². The molecular formula is C14H24N6. The summed E-state index contributed by atoms with van der Waals surface area (Å²) in [6, 6.07) is 0.518. The molecule has 1 aliphatic carbocycles. The number of hydrogen-bond donors (Lipinski definition) is 3. The fourth-order valence-corrected chi connectivity index (χ4v) is 3.14. The predicted molar refractivity (Wildman–Crippen MR) is 81.6 cm³/mol. The van der Waals surface area contributed by atoms with Crippen LogP contribution in [0, 0.1) is 5.92 Å². The van der Waals surface area contributed by atoms with Crippen molar-refractivity contribution in [3.05, 3.63) is 5.56 Å². The first-order valence-electron chi connectivity index (χ1n) is 7.51. The topological polar surface area (TPSA) is 93.1 Å². The molecule has 1 saturated carbocycles. The number of nitrogens with zero attached hydrogens (tertiary/aromatic N) is 3. The Kier molecular flexibility index (Phi) is 3.65. The Morgan fingerprint density at radius 2 is 2.05 bits per heavy atom. The van der Waals surface area contributed by atoms with Crippen molar-refractivity contribution in [2.45, 2.75) is 38.1 Å². The van der Waals surface area contributed by atoms with Crippen LogP contribution in [0.3, 0.4) is 0 Å². The molecule has 1 aromatic rings. The first-order chi connectivity index (χ1) is 9.67. The molecule has 6 nitrogen and oxygen atoms in total. The predicted octanol–water partition coefficient (Wildman–Crippen LogP) is 0.782. The van der Waals surface area contributed by atoms with E-state index in [1.807, 2.05) is 7.05 Å². The van der Waals surface area contributed by atoms with Crippen molar-refractivity contribution in [1.29, 1.82) is 0 Å². The molecule has 0 aromatic carbocycles. The van der Waals surface area contributed by atoms with Crippen LogP contribution in [0.5, 0.6) is 0 Å². The first-order valence-corrected chi connectivity index (χ1v) is 7.51. The number of nitrogens with two attached hydrogens (primary N) is 2. The molecule has 6 heteroatoms. The van der Waals surface area contributed by atoms with Gasteiger partial charge in [-0.1, -0.05) is 19.3 Å². The van der Waals surface area contributed by atoms with E-state index < -0.39 is 0 Å². The molecule has 0 unspecified atom stereocenters. The van der Waals surface area contributed by atoms with Crippen LogP contribution in [0.15, 0.2) is 0 Å². The van der Waals surface area contributed by atoms with Crippen LogP contribution in [-0.4, -0.2) is 36.1 Å². The van der Waals surface area contributed by atoms with E-state index in [2.05, 4.69) is 20.2 Å². The minimum Gasteiger partial charge on any atom is -0.383 e. The zero-order valence-corrected chi connectivity index (χ0v) is 12.1. The molecule has 0 radical (unpaired) electrons. The number of likely N-dealkylation sites (N-methyl/N-ethyl adjacent to an activating group) is 1. The summed E-state index contributed by atoms with van der Waals surface area (Å²) in [5.41, 5.74) is 13.0. The van der Waals surface area contributed by atoms with Gasteiger partial charge in [0.2, 0.25) is 5.95 Å². The van der Waals surface area contributed by atoms with E-state index in [4.69, 9.17) is 11.5 Å². The average molecular weight is 276 g/mol. The molecule has 2 fully saturated rings. The van der Waals surface area contributed by atoms with Gasteiger partial charge in [-0.05, 0) is 25.8 Å². The third-order valence-electron chi connectivity index (χ3n) is 4.65. The van der Waals surface area contributed by atoms with Gasteiger partial charge in [-0.15, -0.1) is 0 Å². The zero-order chi connectivity index (χ0) is 14.1. The smallest absolute Gasteiger partial charge is 0.223 e. The molecule has 0 bridgehead atoms. The van der Waals surface area contributed by atoms with Gasteiger partial charge in [0.05, 0.1) is 0 Å². The molecule has 2 heterocycles. The Morgan fingerprint density at radius 3 is 2.65 bits per heavy atom. The summed E-state index contributed by atoms with van der Waals surface area (Å²) >= 11 is 0. The lowest BCUT2D eigenvalue weighted by Gasteiger charge is -2.28. The lowest BCUT2D eigenvalue weighted by Crippen LogP contribution is -2.31. The second-order valence-electron chi connectivity index (χ2n) is 5.99. The number of aromatic nitrogens is 2. The fraction of sp³-hybridized carbons (Fsp3) is 0.714. The average Bonchev–Trinajstić information content (AvgIpc) is 2.83. The lowest BCUT2D eigenvalue weighted by atomic mass is 9.81. The van der Waals surface area contributed by atoms with E-state index in [1.165, 1.54) is 19.3 Å². The highest BCUT2D eigenvalue weighted by Crippen LogP contribution is 2.35. The van der Waals surface area contributed by atoms with Crippen LogP contribution in [-0.2, 0) is 6.42 Å². The molecule has 110 valence electrons. The number of nitrogen functional groups attached to an aromatic ring is 2. The maximum Gasteiger partial charge on any atom is 0.223 e. The lowest BCUT2D eigenvalue weighted by molar-refractivity contribution is 0.314. The van der Waals surface area contributed by atoms with Crippen LogP contribution < -0.4 is 21.7 Å². The van der Waals surface area contributed by atoms with E-state index >= 15 is 0 Å². The van der Waals surface area contributed by atoms with E-state index in [-0.39, 0.29) is 5.95 Å². The normalized spacial score (nSPS) is 23.1. The van der Waals surface area contributed by atoms with Gasteiger partial charge in [-0.2, -0.15) is 9.97 Å². The van der Waals surface area contributed by atoms with Crippen molar-refractivity contribution >= 4 is 17.6 Å². The summed E-state index contributed by atoms with van der Waals surface area (Å²) in [4.78, 5) is 10.9. The number of hydrogen-bond acceptors (Lipinski definition) is 6. The SMILES string of the molecule is CN[C@@H]1CCN(c2nc(N)nc(N)c2CC2CCC2)C1. The highest BCUT2D eigenvalue weighted by molar-refractivity contribution is 5.60. The maximum absolute atomic E-state index is 6.11. The Bertz CT molecular complexity index is 485. The van der Waals surface area contributed by atoms with Crippen LogP contribution in [0.2, 0.25) is 0 Å². The number of nitrogens with one attached hydrogen (secondary N) is 1. The van der Waals surface area contributed by atoms with Gasteiger partial charge < -0.3 is 21.7 Å². The van der Waals surface area contributed by atoms with Crippen molar-refractivity contribution in [1.82, 2.24) is 15.3 Å². The van der Waals surface area contributed by atoms with Crippen molar-refractivity contribution in [2.75, 3.05) is 36.5 Å². The summed E-state index contributed by atoms with van der Waals surface area (Å²) in [7, 11) is 2.01. The molecule has 1 saturated heterocycles. The summed E-state index contributed by atoms with van der Waals surface area (Å²) in [5.74, 6) is 2.54. The Labute approximate surface area is 119 Å². The molecule has 0 amide bonds. The third kappa shape index (κ3) is 2.52. The molecule has 1 atom stereocenters. The molecule has 0 spiro atoms. The highest BCUT2D eigenvalue weighted by Gasteiger charge is 2.28. The van der Waals surface area contributed by atoms with Gasteiger partial charge in [0.1, 0.15) is 11.6 Å². The molecule has 5 N–H and O–H groups in total. The van der Waals surface area contributed by atoms with Crippen LogP contribution in [0.4, 0.5) is 17.6 Å². The minimum absolute atomic E-state index is 0.280.